The Bertz CT molecular complexity index is 649. The summed E-state index contributed by atoms with van der Waals surface area (Å²) >= 11 is 1.36. The fraction of sp³-hybridized carbons (Fsp3) is 0.143. The van der Waals surface area contributed by atoms with Gasteiger partial charge in [-0.15, -0.1) is 11.8 Å². The molecule has 0 saturated heterocycles. The molecule has 1 atom stereocenters. The summed E-state index contributed by atoms with van der Waals surface area (Å²) in [7, 11) is 0. The summed E-state index contributed by atoms with van der Waals surface area (Å²) in [6, 6.07) is 9.68. The smallest absolute Gasteiger partial charge is 0.292 e. The van der Waals surface area contributed by atoms with Gasteiger partial charge in [0.05, 0.1) is 10.2 Å². The SMILES string of the molecule is C[C@H](Sc1ccncc1)C(=O)Nc1ccccc1[N+](=O)[O-]. The molecule has 0 fully saturated rings. The second-order valence-electron chi connectivity index (χ2n) is 4.21. The van der Waals surface area contributed by atoms with Gasteiger partial charge in [-0.3, -0.25) is 19.9 Å². The molecule has 1 N–H and O–H groups in total. The number of rotatable bonds is 5. The molecule has 108 valence electrons. The number of anilines is 1. The van der Waals surface area contributed by atoms with Crippen LogP contribution in [0.15, 0.2) is 53.7 Å². The summed E-state index contributed by atoms with van der Waals surface area (Å²) in [4.78, 5) is 27.3. The number of nitro benzene ring substituents is 1. The molecule has 1 amide bonds. The number of hydrogen-bond donors (Lipinski definition) is 1. The number of thioether (sulfide) groups is 1. The molecule has 0 bridgehead atoms. The average molecular weight is 303 g/mol. The van der Waals surface area contributed by atoms with Gasteiger partial charge in [0.1, 0.15) is 5.69 Å². The Labute approximate surface area is 125 Å². The third-order valence-electron chi connectivity index (χ3n) is 2.69. The number of nitrogens with one attached hydrogen (secondary N) is 1. The molecule has 0 radical (unpaired) electrons. The maximum Gasteiger partial charge on any atom is 0.292 e. The molecular formula is C14H13N3O3S. The Morgan fingerprint density at radius 1 is 1.29 bits per heavy atom. The van der Waals surface area contributed by atoms with Crippen molar-refractivity contribution in [3.63, 3.8) is 0 Å². The van der Waals surface area contributed by atoms with Gasteiger partial charge in [0.25, 0.3) is 5.69 Å². The average Bonchev–Trinajstić information content (AvgIpc) is 2.48. The van der Waals surface area contributed by atoms with E-state index in [2.05, 4.69) is 10.3 Å². The van der Waals surface area contributed by atoms with Gasteiger partial charge >= 0.3 is 0 Å². The number of carbonyl (C=O) groups excluding carboxylic acids is 1. The minimum atomic E-state index is -0.518. The van der Waals surface area contributed by atoms with Gasteiger partial charge in [-0.1, -0.05) is 12.1 Å². The molecule has 0 unspecified atom stereocenters. The number of nitrogens with zero attached hydrogens (tertiary/aromatic N) is 2. The molecule has 0 aliphatic heterocycles. The van der Waals surface area contributed by atoms with Crippen molar-refractivity contribution in [1.82, 2.24) is 4.98 Å². The fourth-order valence-electron chi connectivity index (χ4n) is 1.65. The van der Waals surface area contributed by atoms with E-state index in [4.69, 9.17) is 0 Å². The van der Waals surface area contributed by atoms with Crippen molar-refractivity contribution >= 4 is 29.0 Å². The Kier molecular flexibility index (Phi) is 4.89. The van der Waals surface area contributed by atoms with E-state index in [0.717, 1.165) is 4.90 Å². The van der Waals surface area contributed by atoms with Crippen LogP contribution in [-0.4, -0.2) is 21.1 Å². The minimum Gasteiger partial charge on any atom is -0.319 e. The Balaban J connectivity index is 2.06. The maximum atomic E-state index is 12.1. The summed E-state index contributed by atoms with van der Waals surface area (Å²) in [5.41, 5.74) is 0.0849. The summed E-state index contributed by atoms with van der Waals surface area (Å²) in [5.74, 6) is -0.286. The third-order valence-corrected chi connectivity index (χ3v) is 3.80. The van der Waals surface area contributed by atoms with Crippen LogP contribution in [0, 0.1) is 10.1 Å². The van der Waals surface area contributed by atoms with Crippen molar-refractivity contribution in [2.45, 2.75) is 17.1 Å². The maximum absolute atomic E-state index is 12.1. The number of amides is 1. The number of para-hydroxylation sites is 2. The molecule has 7 heteroatoms. The third kappa shape index (κ3) is 4.03. The number of aromatic nitrogens is 1. The molecule has 0 aliphatic carbocycles. The van der Waals surface area contributed by atoms with E-state index in [1.165, 1.54) is 23.9 Å². The van der Waals surface area contributed by atoms with Crippen LogP contribution in [0.4, 0.5) is 11.4 Å². The van der Waals surface area contributed by atoms with Gasteiger partial charge in [0.2, 0.25) is 5.91 Å². The van der Waals surface area contributed by atoms with E-state index in [9.17, 15) is 14.9 Å². The van der Waals surface area contributed by atoms with Crippen molar-refractivity contribution in [2.24, 2.45) is 0 Å². The highest BCUT2D eigenvalue weighted by Crippen LogP contribution is 2.26. The topological polar surface area (TPSA) is 85.1 Å². The summed E-state index contributed by atoms with van der Waals surface area (Å²) in [6.45, 7) is 1.75. The van der Waals surface area contributed by atoms with Gasteiger partial charge in [-0.2, -0.15) is 0 Å². The van der Waals surface area contributed by atoms with Crippen molar-refractivity contribution in [3.8, 4) is 0 Å². The fourth-order valence-corrected chi connectivity index (χ4v) is 2.50. The molecule has 21 heavy (non-hydrogen) atoms. The molecule has 1 aromatic carbocycles. The molecule has 0 spiro atoms. The second-order valence-corrected chi connectivity index (χ2v) is 5.62. The van der Waals surface area contributed by atoms with Crippen LogP contribution in [0.1, 0.15) is 6.92 Å². The lowest BCUT2D eigenvalue weighted by atomic mass is 10.2. The van der Waals surface area contributed by atoms with Crippen LogP contribution < -0.4 is 5.32 Å². The van der Waals surface area contributed by atoms with E-state index in [0.29, 0.717) is 0 Å². The van der Waals surface area contributed by atoms with Gasteiger partial charge in [-0.05, 0) is 25.1 Å². The Morgan fingerprint density at radius 2 is 1.95 bits per heavy atom. The van der Waals surface area contributed by atoms with Crippen LogP contribution in [-0.2, 0) is 4.79 Å². The van der Waals surface area contributed by atoms with E-state index < -0.39 is 4.92 Å². The first-order valence-electron chi connectivity index (χ1n) is 6.19. The number of hydrogen-bond acceptors (Lipinski definition) is 5. The molecular weight excluding hydrogens is 290 g/mol. The lowest BCUT2D eigenvalue weighted by Gasteiger charge is -2.11. The highest BCUT2D eigenvalue weighted by Gasteiger charge is 2.19. The largest absolute Gasteiger partial charge is 0.319 e. The highest BCUT2D eigenvalue weighted by atomic mass is 32.2. The molecule has 0 saturated carbocycles. The summed E-state index contributed by atoms with van der Waals surface area (Å²) in [5, 5.41) is 13.1. The zero-order valence-electron chi connectivity index (χ0n) is 11.2. The van der Waals surface area contributed by atoms with E-state index in [1.807, 2.05) is 0 Å². The molecule has 1 aromatic heterocycles. The van der Waals surface area contributed by atoms with Gasteiger partial charge in [-0.25, -0.2) is 0 Å². The van der Waals surface area contributed by atoms with Crippen molar-refractivity contribution in [2.75, 3.05) is 5.32 Å². The summed E-state index contributed by atoms with van der Waals surface area (Å²) < 4.78 is 0. The summed E-state index contributed by atoms with van der Waals surface area (Å²) in [6.07, 6.45) is 3.30. The Hall–Kier alpha value is -2.41. The minimum absolute atomic E-state index is 0.119. The van der Waals surface area contributed by atoms with E-state index >= 15 is 0 Å². The normalized spacial score (nSPS) is 11.7. The predicted molar refractivity (Wildman–Crippen MR) is 81.3 cm³/mol. The first kappa shape index (κ1) is 15.0. The highest BCUT2D eigenvalue weighted by molar-refractivity contribution is 8.00. The molecule has 2 rings (SSSR count). The standard InChI is InChI=1S/C14H13N3O3S/c1-10(21-11-6-8-15-9-7-11)14(18)16-12-4-2-3-5-13(12)17(19)20/h2-10H,1H3,(H,16,18)/t10-/m0/s1. The predicted octanol–water partition coefficient (Wildman–Crippen LogP) is 3.11. The monoisotopic (exact) mass is 303 g/mol. The van der Waals surface area contributed by atoms with Crippen molar-refractivity contribution in [3.05, 3.63) is 58.9 Å². The van der Waals surface area contributed by atoms with Crippen LogP contribution in [0.25, 0.3) is 0 Å². The van der Waals surface area contributed by atoms with E-state index in [1.54, 1.807) is 43.6 Å². The van der Waals surface area contributed by atoms with Crippen molar-refractivity contribution < 1.29 is 9.72 Å². The lowest BCUT2D eigenvalue weighted by Crippen LogP contribution is -2.22. The van der Waals surface area contributed by atoms with Gasteiger partial charge in [0, 0.05) is 23.4 Å². The molecule has 2 aromatic rings. The molecule has 1 heterocycles. The zero-order chi connectivity index (χ0) is 15.2. The second kappa shape index (κ2) is 6.85. The van der Waals surface area contributed by atoms with Crippen LogP contribution in [0.2, 0.25) is 0 Å². The van der Waals surface area contributed by atoms with Gasteiger partial charge in [0.15, 0.2) is 0 Å². The first-order chi connectivity index (χ1) is 10.1. The molecule has 0 aliphatic rings. The lowest BCUT2D eigenvalue weighted by molar-refractivity contribution is -0.383. The number of carbonyl (C=O) groups is 1. The first-order valence-corrected chi connectivity index (χ1v) is 7.07. The van der Waals surface area contributed by atoms with Crippen LogP contribution >= 0.6 is 11.8 Å². The van der Waals surface area contributed by atoms with Crippen molar-refractivity contribution in [1.29, 1.82) is 0 Å². The number of benzene rings is 1. The number of nitro groups is 1. The van der Waals surface area contributed by atoms with E-state index in [-0.39, 0.29) is 22.5 Å². The van der Waals surface area contributed by atoms with Gasteiger partial charge < -0.3 is 5.32 Å². The Morgan fingerprint density at radius 3 is 2.62 bits per heavy atom. The number of pyridine rings is 1. The molecule has 6 nitrogen and oxygen atoms in total. The zero-order valence-corrected chi connectivity index (χ0v) is 12.0. The quantitative estimate of drug-likeness (QED) is 0.521. The van der Waals surface area contributed by atoms with Crippen LogP contribution in [0.3, 0.4) is 0 Å². The van der Waals surface area contributed by atoms with Crippen LogP contribution in [0.5, 0.6) is 0 Å².